The maximum Gasteiger partial charge on any atom is 0.269 e. The molecule has 1 aliphatic rings. The van der Waals surface area contributed by atoms with E-state index in [0.29, 0.717) is 5.56 Å². The fraction of sp³-hybridized carbons (Fsp3) is 0.167. The quantitative estimate of drug-likeness (QED) is 0.447. The molecule has 10 heteroatoms. The molecule has 22 heavy (non-hydrogen) atoms. The molecule has 114 valence electrons. The number of amides is 1. The predicted molar refractivity (Wildman–Crippen MR) is 77.3 cm³/mol. The number of carboxylic acids is 1. The van der Waals surface area contributed by atoms with E-state index in [1.54, 1.807) is 0 Å². The average molecular weight is 321 g/mol. The second kappa shape index (κ2) is 6.80. The SMILES string of the molecule is O=C([O-])C[C@@H]1S/C(=N\N=C/c2ccc([N+](=O)[O-])cc2)NC1=O. The molecule has 9 nitrogen and oxygen atoms in total. The van der Waals surface area contributed by atoms with Crippen molar-refractivity contribution >= 4 is 40.7 Å². The van der Waals surface area contributed by atoms with Gasteiger partial charge in [-0.1, -0.05) is 11.8 Å². The minimum atomic E-state index is -1.32. The van der Waals surface area contributed by atoms with Crippen LogP contribution in [0.4, 0.5) is 5.69 Å². The van der Waals surface area contributed by atoms with Crippen molar-refractivity contribution in [3.63, 3.8) is 0 Å². The molecule has 0 radical (unpaired) electrons. The molecule has 0 unspecified atom stereocenters. The lowest BCUT2D eigenvalue weighted by Gasteiger charge is -2.04. The second-order valence-corrected chi connectivity index (χ2v) is 5.36. The number of rotatable bonds is 5. The number of carbonyl (C=O) groups is 2. The van der Waals surface area contributed by atoms with Gasteiger partial charge < -0.3 is 15.2 Å². The van der Waals surface area contributed by atoms with Crippen LogP contribution in [-0.4, -0.2) is 33.4 Å². The van der Waals surface area contributed by atoms with Gasteiger partial charge in [-0.15, -0.1) is 5.10 Å². The number of nitrogens with one attached hydrogen (secondary N) is 1. The highest BCUT2D eigenvalue weighted by atomic mass is 32.2. The van der Waals surface area contributed by atoms with E-state index in [-0.39, 0.29) is 10.9 Å². The van der Waals surface area contributed by atoms with E-state index >= 15 is 0 Å². The molecular formula is C12H9N4O5S-. The molecule has 1 saturated heterocycles. The number of thioether (sulfide) groups is 1. The van der Waals surface area contributed by atoms with Crippen LogP contribution in [0.2, 0.25) is 0 Å². The first-order chi connectivity index (χ1) is 10.5. The summed E-state index contributed by atoms with van der Waals surface area (Å²) >= 11 is 0.954. The van der Waals surface area contributed by atoms with Crippen molar-refractivity contribution < 1.29 is 19.6 Å². The largest absolute Gasteiger partial charge is 0.550 e. The van der Waals surface area contributed by atoms with Crippen molar-refractivity contribution in [3.05, 3.63) is 39.9 Å². The van der Waals surface area contributed by atoms with E-state index in [4.69, 9.17) is 0 Å². The topological polar surface area (TPSA) is 137 Å². The van der Waals surface area contributed by atoms with E-state index < -0.39 is 28.5 Å². The molecule has 1 N–H and O–H groups in total. The van der Waals surface area contributed by atoms with Gasteiger partial charge in [0.2, 0.25) is 5.91 Å². The van der Waals surface area contributed by atoms with E-state index in [0.717, 1.165) is 11.8 Å². The summed E-state index contributed by atoms with van der Waals surface area (Å²) in [5.74, 6) is -1.78. The number of benzene rings is 1. The first kappa shape index (κ1) is 15.6. The summed E-state index contributed by atoms with van der Waals surface area (Å²) in [7, 11) is 0. The Morgan fingerprint density at radius 2 is 2.09 bits per heavy atom. The Kier molecular flexibility index (Phi) is 4.84. The summed E-state index contributed by atoms with van der Waals surface area (Å²) in [6.45, 7) is 0. The van der Waals surface area contributed by atoms with Crippen molar-refractivity contribution in [2.24, 2.45) is 10.2 Å². The van der Waals surface area contributed by atoms with Crippen molar-refractivity contribution in [1.29, 1.82) is 0 Å². The van der Waals surface area contributed by atoms with Crippen LogP contribution in [-0.2, 0) is 9.59 Å². The fourth-order valence-electron chi connectivity index (χ4n) is 1.57. The van der Waals surface area contributed by atoms with Crippen LogP contribution >= 0.6 is 11.8 Å². The molecule has 1 aliphatic heterocycles. The maximum absolute atomic E-state index is 11.4. The lowest BCUT2D eigenvalue weighted by atomic mass is 10.2. The Balaban J connectivity index is 1.98. The number of amidine groups is 1. The van der Waals surface area contributed by atoms with E-state index in [9.17, 15) is 24.8 Å². The molecular weight excluding hydrogens is 312 g/mol. The van der Waals surface area contributed by atoms with Crippen LogP contribution in [0.1, 0.15) is 12.0 Å². The van der Waals surface area contributed by atoms with Crippen LogP contribution in [0.15, 0.2) is 34.5 Å². The Bertz CT molecular complexity index is 671. The Labute approximate surface area is 128 Å². The number of nitro groups is 1. The van der Waals surface area contributed by atoms with Gasteiger partial charge in [0.05, 0.1) is 16.4 Å². The summed E-state index contributed by atoms with van der Waals surface area (Å²) in [6, 6.07) is 5.66. The number of hydrogen-bond donors (Lipinski definition) is 1. The summed E-state index contributed by atoms with van der Waals surface area (Å²) < 4.78 is 0. The zero-order chi connectivity index (χ0) is 16.1. The van der Waals surface area contributed by atoms with Crippen LogP contribution in [0.5, 0.6) is 0 Å². The summed E-state index contributed by atoms with van der Waals surface area (Å²) in [5.41, 5.74) is 0.558. The van der Waals surface area contributed by atoms with Gasteiger partial charge in [-0.2, -0.15) is 5.10 Å². The van der Waals surface area contributed by atoms with E-state index in [1.807, 2.05) is 0 Å². The number of non-ortho nitro benzene ring substituents is 1. The smallest absolute Gasteiger partial charge is 0.269 e. The third-order valence-corrected chi connectivity index (χ3v) is 3.66. The monoisotopic (exact) mass is 321 g/mol. The minimum Gasteiger partial charge on any atom is -0.550 e. The molecule has 1 aromatic carbocycles. The highest BCUT2D eigenvalue weighted by Crippen LogP contribution is 2.21. The molecule has 0 spiro atoms. The Hall–Kier alpha value is -2.75. The lowest BCUT2D eigenvalue weighted by Crippen LogP contribution is -2.31. The zero-order valence-corrected chi connectivity index (χ0v) is 11.8. The number of nitrogens with zero attached hydrogens (tertiary/aromatic N) is 3. The minimum absolute atomic E-state index is 0.0350. The molecule has 1 heterocycles. The van der Waals surface area contributed by atoms with Gasteiger partial charge in [-0.3, -0.25) is 14.9 Å². The number of aliphatic carboxylic acids is 1. The first-order valence-electron chi connectivity index (χ1n) is 5.98. The number of nitro benzene ring substituents is 1. The molecule has 1 atom stereocenters. The highest BCUT2D eigenvalue weighted by molar-refractivity contribution is 8.15. The molecule has 0 aliphatic carbocycles. The number of carboxylic acid groups (broad SMARTS) is 1. The van der Waals surface area contributed by atoms with Gasteiger partial charge in [-0.25, -0.2) is 0 Å². The zero-order valence-electron chi connectivity index (χ0n) is 11.0. The molecule has 1 amide bonds. The fourth-order valence-corrected chi connectivity index (χ4v) is 2.48. The standard InChI is InChI=1S/C12H10N4O5S/c17-10(18)5-9-11(19)14-12(22-9)15-13-6-7-1-3-8(4-2-7)16(20)21/h1-4,6,9H,5H2,(H,17,18)(H,14,15,19)/p-1/b13-6-/t9-/m0/s1. The lowest BCUT2D eigenvalue weighted by molar-refractivity contribution is -0.384. The van der Waals surface area contributed by atoms with E-state index in [1.165, 1.54) is 30.5 Å². The van der Waals surface area contributed by atoms with Gasteiger partial charge in [-0.05, 0) is 17.7 Å². The van der Waals surface area contributed by atoms with Gasteiger partial charge in [0, 0.05) is 24.5 Å². The molecule has 1 aromatic rings. The van der Waals surface area contributed by atoms with Crippen LogP contribution in [0.25, 0.3) is 0 Å². The van der Waals surface area contributed by atoms with Crippen molar-refractivity contribution in [1.82, 2.24) is 5.32 Å². The summed E-state index contributed by atoms with van der Waals surface area (Å²) in [5, 5.41) is 30.3. The van der Waals surface area contributed by atoms with Crippen LogP contribution in [0, 0.1) is 10.1 Å². The summed E-state index contributed by atoms with van der Waals surface area (Å²) in [6.07, 6.45) is 0.955. The molecule has 0 aromatic heterocycles. The van der Waals surface area contributed by atoms with Gasteiger partial charge in [0.15, 0.2) is 5.17 Å². The molecule has 1 fully saturated rings. The van der Waals surface area contributed by atoms with Crippen LogP contribution in [0.3, 0.4) is 0 Å². The average Bonchev–Trinajstić information content (AvgIpc) is 2.79. The molecule has 0 saturated carbocycles. The number of hydrogen-bond acceptors (Lipinski definition) is 8. The number of carbonyl (C=O) groups excluding carboxylic acids is 2. The molecule has 2 rings (SSSR count). The normalized spacial score (nSPS) is 19.5. The van der Waals surface area contributed by atoms with Crippen molar-refractivity contribution in [3.8, 4) is 0 Å². The Morgan fingerprint density at radius 1 is 1.41 bits per heavy atom. The highest BCUT2D eigenvalue weighted by Gasteiger charge is 2.30. The van der Waals surface area contributed by atoms with Gasteiger partial charge in [0.1, 0.15) is 0 Å². The van der Waals surface area contributed by atoms with Crippen molar-refractivity contribution in [2.75, 3.05) is 0 Å². The Morgan fingerprint density at radius 3 is 2.68 bits per heavy atom. The predicted octanol–water partition coefficient (Wildman–Crippen LogP) is -0.344. The van der Waals surface area contributed by atoms with E-state index in [2.05, 4.69) is 15.5 Å². The summed E-state index contributed by atoms with van der Waals surface area (Å²) in [4.78, 5) is 31.9. The third-order valence-electron chi connectivity index (χ3n) is 2.59. The molecule has 0 bridgehead atoms. The first-order valence-corrected chi connectivity index (χ1v) is 6.86. The second-order valence-electron chi connectivity index (χ2n) is 4.17. The maximum atomic E-state index is 11.4. The third kappa shape index (κ3) is 4.12. The van der Waals surface area contributed by atoms with Gasteiger partial charge >= 0.3 is 0 Å². The van der Waals surface area contributed by atoms with Crippen molar-refractivity contribution in [2.45, 2.75) is 11.7 Å². The van der Waals surface area contributed by atoms with Gasteiger partial charge in [0.25, 0.3) is 5.69 Å². The van der Waals surface area contributed by atoms with Crippen LogP contribution < -0.4 is 10.4 Å².